The molecule has 0 bridgehead atoms. The number of nitrogens with zero attached hydrogens (tertiary/aromatic N) is 6. The molecule has 1 rings (SSSR count). The van der Waals surface area contributed by atoms with Gasteiger partial charge < -0.3 is 9.47 Å². The largest absolute Gasteiger partial charge is 0.347 e. The molecule has 0 aromatic heterocycles. The summed E-state index contributed by atoms with van der Waals surface area (Å²) in [4.78, 5) is 5.36. The van der Waals surface area contributed by atoms with Crippen LogP contribution in [0.15, 0.2) is 10.2 Å². The highest BCUT2D eigenvalue weighted by atomic mass is 16.8. The molecule has 0 radical (unpaired) electrons. The molecule has 0 spiro atoms. The topological polar surface area (TPSA) is 116 Å². The van der Waals surface area contributed by atoms with Gasteiger partial charge in [-0.05, 0) is 24.4 Å². The Kier molecular flexibility index (Phi) is 3.98. The molecule has 1 unspecified atom stereocenters. The first kappa shape index (κ1) is 12.6. The van der Waals surface area contributed by atoms with E-state index >= 15 is 0 Å². The van der Waals surface area contributed by atoms with Crippen molar-refractivity contribution in [1.29, 1.82) is 0 Å². The molecule has 0 aromatic carbocycles. The molecule has 1 aliphatic rings. The molecule has 1 aliphatic heterocycles. The summed E-state index contributed by atoms with van der Waals surface area (Å²) >= 11 is 0. The monoisotopic (exact) mass is 226 g/mol. The van der Waals surface area contributed by atoms with Crippen LogP contribution in [0.1, 0.15) is 20.3 Å². The summed E-state index contributed by atoms with van der Waals surface area (Å²) in [6.07, 6.45) is 0.668. The number of rotatable bonds is 5. The van der Waals surface area contributed by atoms with Crippen LogP contribution < -0.4 is 0 Å². The molecule has 8 heteroatoms. The molecule has 1 heterocycles. The van der Waals surface area contributed by atoms with Gasteiger partial charge in [-0.25, -0.2) is 0 Å². The van der Waals surface area contributed by atoms with Crippen LogP contribution in [0.4, 0.5) is 0 Å². The second kappa shape index (κ2) is 5.05. The van der Waals surface area contributed by atoms with E-state index in [9.17, 15) is 0 Å². The minimum atomic E-state index is -0.830. The zero-order valence-electron chi connectivity index (χ0n) is 9.33. The average molecular weight is 226 g/mol. The molecular weight excluding hydrogens is 212 g/mol. The van der Waals surface area contributed by atoms with Crippen molar-refractivity contribution in [2.75, 3.05) is 19.7 Å². The SMILES string of the molecule is CCC1(C)OCC(CN=[N+]=[N-])(CN=[N+]=[N-])O1. The fourth-order valence-electron chi connectivity index (χ4n) is 1.50. The van der Waals surface area contributed by atoms with Gasteiger partial charge in [0.1, 0.15) is 5.60 Å². The van der Waals surface area contributed by atoms with Crippen LogP contribution in [0.5, 0.6) is 0 Å². The maximum absolute atomic E-state index is 8.31. The Morgan fingerprint density at radius 2 is 1.81 bits per heavy atom. The second-order valence-electron chi connectivity index (χ2n) is 3.84. The Morgan fingerprint density at radius 1 is 1.25 bits per heavy atom. The molecule has 1 fully saturated rings. The van der Waals surface area contributed by atoms with Crippen molar-refractivity contribution in [3.05, 3.63) is 20.9 Å². The number of hydrogen-bond donors (Lipinski definition) is 0. The molecular formula is C8H14N6O2. The van der Waals surface area contributed by atoms with Crippen LogP contribution >= 0.6 is 0 Å². The molecule has 0 saturated carbocycles. The average Bonchev–Trinajstić information content (AvgIpc) is 2.64. The van der Waals surface area contributed by atoms with Crippen LogP contribution in [0.3, 0.4) is 0 Å². The molecule has 0 aliphatic carbocycles. The Bertz CT molecular complexity index is 326. The highest BCUT2D eigenvalue weighted by Crippen LogP contribution is 2.34. The van der Waals surface area contributed by atoms with Crippen molar-refractivity contribution in [2.24, 2.45) is 10.2 Å². The summed E-state index contributed by atoms with van der Waals surface area (Å²) in [7, 11) is 0. The third-order valence-electron chi connectivity index (χ3n) is 2.56. The van der Waals surface area contributed by atoms with Gasteiger partial charge in [0.05, 0.1) is 19.7 Å². The van der Waals surface area contributed by atoms with Crippen LogP contribution in [0.25, 0.3) is 20.9 Å². The van der Waals surface area contributed by atoms with Gasteiger partial charge >= 0.3 is 0 Å². The third-order valence-corrected chi connectivity index (χ3v) is 2.56. The fraction of sp³-hybridized carbons (Fsp3) is 1.00. The number of ether oxygens (including phenoxy) is 2. The van der Waals surface area contributed by atoms with Crippen molar-refractivity contribution < 1.29 is 9.47 Å². The minimum Gasteiger partial charge on any atom is -0.347 e. The Morgan fingerprint density at radius 3 is 2.19 bits per heavy atom. The van der Waals surface area contributed by atoms with E-state index < -0.39 is 11.4 Å². The van der Waals surface area contributed by atoms with E-state index in [4.69, 9.17) is 20.5 Å². The van der Waals surface area contributed by atoms with Gasteiger partial charge in [0.2, 0.25) is 0 Å². The highest BCUT2D eigenvalue weighted by molar-refractivity contribution is 4.93. The van der Waals surface area contributed by atoms with Crippen LogP contribution in [-0.4, -0.2) is 31.1 Å². The van der Waals surface area contributed by atoms with Gasteiger partial charge in [-0.1, -0.05) is 17.2 Å². The third kappa shape index (κ3) is 2.77. The summed E-state index contributed by atoms with van der Waals surface area (Å²) < 4.78 is 11.2. The van der Waals surface area contributed by atoms with Crippen LogP contribution in [0.2, 0.25) is 0 Å². The summed E-state index contributed by atoms with van der Waals surface area (Å²) in [5.41, 5.74) is 15.8. The lowest BCUT2D eigenvalue weighted by Gasteiger charge is -2.27. The van der Waals surface area contributed by atoms with Crippen LogP contribution in [0, 0.1) is 0 Å². The summed E-state index contributed by atoms with van der Waals surface area (Å²) in [5.74, 6) is -0.698. The van der Waals surface area contributed by atoms with E-state index in [0.29, 0.717) is 6.42 Å². The zero-order valence-corrected chi connectivity index (χ0v) is 9.33. The summed E-state index contributed by atoms with van der Waals surface area (Å²) in [6.45, 7) is 4.18. The maximum atomic E-state index is 8.31. The second-order valence-corrected chi connectivity index (χ2v) is 3.84. The lowest BCUT2D eigenvalue weighted by molar-refractivity contribution is -0.172. The Balaban J connectivity index is 2.81. The maximum Gasteiger partial charge on any atom is 0.166 e. The van der Waals surface area contributed by atoms with Crippen molar-refractivity contribution in [3.63, 3.8) is 0 Å². The highest BCUT2D eigenvalue weighted by Gasteiger charge is 2.46. The van der Waals surface area contributed by atoms with E-state index in [2.05, 4.69) is 20.1 Å². The Hall–Kier alpha value is -1.46. The predicted molar refractivity (Wildman–Crippen MR) is 56.5 cm³/mol. The Labute approximate surface area is 92.8 Å². The van der Waals surface area contributed by atoms with Crippen molar-refractivity contribution in [2.45, 2.75) is 31.7 Å². The van der Waals surface area contributed by atoms with Gasteiger partial charge in [0.25, 0.3) is 0 Å². The molecule has 16 heavy (non-hydrogen) atoms. The molecule has 1 saturated heterocycles. The van der Waals surface area contributed by atoms with Crippen molar-refractivity contribution in [3.8, 4) is 0 Å². The van der Waals surface area contributed by atoms with Gasteiger partial charge in [-0.3, -0.25) is 0 Å². The summed E-state index contributed by atoms with van der Waals surface area (Å²) in [5, 5.41) is 6.94. The van der Waals surface area contributed by atoms with Crippen molar-refractivity contribution >= 4 is 0 Å². The minimum absolute atomic E-state index is 0.0953. The lowest BCUT2D eigenvalue weighted by Crippen LogP contribution is -2.41. The molecule has 0 N–H and O–H groups in total. The first-order valence-corrected chi connectivity index (χ1v) is 4.95. The normalized spacial score (nSPS) is 32.9. The summed E-state index contributed by atoms with van der Waals surface area (Å²) in [6, 6.07) is 0. The molecule has 8 nitrogen and oxygen atoms in total. The fourth-order valence-corrected chi connectivity index (χ4v) is 1.50. The van der Waals surface area contributed by atoms with Gasteiger partial charge in [0.15, 0.2) is 5.79 Å². The molecule has 1 atom stereocenters. The van der Waals surface area contributed by atoms with Gasteiger partial charge in [0, 0.05) is 9.82 Å². The molecule has 88 valence electrons. The first-order chi connectivity index (χ1) is 7.60. The number of azide groups is 2. The smallest absolute Gasteiger partial charge is 0.166 e. The number of hydrogen-bond acceptors (Lipinski definition) is 4. The first-order valence-electron chi connectivity index (χ1n) is 4.95. The molecule has 0 aromatic rings. The van der Waals surface area contributed by atoms with Gasteiger partial charge in [-0.15, -0.1) is 0 Å². The van der Waals surface area contributed by atoms with Crippen LogP contribution in [-0.2, 0) is 9.47 Å². The van der Waals surface area contributed by atoms with E-state index in [1.54, 1.807) is 6.92 Å². The van der Waals surface area contributed by atoms with E-state index in [1.807, 2.05) is 6.92 Å². The van der Waals surface area contributed by atoms with Crippen molar-refractivity contribution in [1.82, 2.24) is 0 Å². The molecule has 0 amide bonds. The standard InChI is InChI=1S/C8H14N6O2/c1-3-7(2)15-6-8(16-7,4-11-13-9)5-12-14-10/h3-6H2,1-2H3. The predicted octanol–water partition coefficient (Wildman–Crippen LogP) is 2.52. The lowest BCUT2D eigenvalue weighted by atomic mass is 10.1. The quantitative estimate of drug-likeness (QED) is 0.407. The van der Waals surface area contributed by atoms with Gasteiger partial charge in [-0.2, -0.15) is 0 Å². The van der Waals surface area contributed by atoms with E-state index in [1.165, 1.54) is 0 Å². The van der Waals surface area contributed by atoms with E-state index in [-0.39, 0.29) is 19.7 Å². The zero-order chi connectivity index (χ0) is 12.1. The van der Waals surface area contributed by atoms with E-state index in [0.717, 1.165) is 0 Å².